The molecule has 1 aliphatic rings. The van der Waals surface area contributed by atoms with Crippen LogP contribution in [0.2, 0.25) is 0 Å². The van der Waals surface area contributed by atoms with Gasteiger partial charge >= 0.3 is 0 Å². The topological polar surface area (TPSA) is 61.4 Å². The lowest BCUT2D eigenvalue weighted by molar-refractivity contribution is -0.120. The molecule has 2 atom stereocenters. The quantitative estimate of drug-likeness (QED) is 0.489. The van der Waals surface area contributed by atoms with E-state index >= 15 is 0 Å². The standard InChI is InChI=1S/C25H34F2N2O2S/c1-16(2)23-7-8-24(32-23)25(9-5-4-6-10-25)28-15-22(31)21(29-17(3)30)13-18-11-19(26)14-20(27)12-18/h7-8,11-12,14,16,21-22,28,31H,4-6,9-10,13,15H2,1-3H3,(H,29,30). The van der Waals surface area contributed by atoms with E-state index in [1.54, 1.807) is 0 Å². The molecular formula is C25H34F2N2O2S. The van der Waals surface area contributed by atoms with E-state index in [2.05, 4.69) is 36.6 Å². The number of carbonyl (C=O) groups excluding carboxylic acids is 1. The van der Waals surface area contributed by atoms with Gasteiger partial charge in [0.2, 0.25) is 5.91 Å². The number of aliphatic hydroxyl groups is 1. The highest BCUT2D eigenvalue weighted by molar-refractivity contribution is 7.12. The molecule has 1 saturated carbocycles. The van der Waals surface area contributed by atoms with Gasteiger partial charge in [0.25, 0.3) is 0 Å². The van der Waals surface area contributed by atoms with E-state index in [0.717, 1.165) is 31.7 Å². The average molecular weight is 465 g/mol. The molecule has 1 aliphatic carbocycles. The number of hydrogen-bond donors (Lipinski definition) is 3. The summed E-state index contributed by atoms with van der Waals surface area (Å²) >= 11 is 1.83. The molecule has 0 saturated heterocycles. The van der Waals surface area contributed by atoms with Crippen LogP contribution in [0.3, 0.4) is 0 Å². The predicted octanol–water partition coefficient (Wildman–Crippen LogP) is 5.01. The molecule has 176 valence electrons. The number of thiophene rings is 1. The summed E-state index contributed by atoms with van der Waals surface area (Å²) < 4.78 is 27.3. The molecule has 1 aromatic carbocycles. The summed E-state index contributed by atoms with van der Waals surface area (Å²) in [7, 11) is 0. The van der Waals surface area contributed by atoms with Crippen molar-refractivity contribution >= 4 is 17.2 Å². The van der Waals surface area contributed by atoms with Crippen LogP contribution in [-0.4, -0.2) is 29.7 Å². The second-order valence-electron chi connectivity index (χ2n) is 9.24. The molecule has 1 aromatic heterocycles. The van der Waals surface area contributed by atoms with E-state index in [1.165, 1.54) is 35.2 Å². The molecular weight excluding hydrogens is 430 g/mol. The third kappa shape index (κ3) is 6.36. The van der Waals surface area contributed by atoms with Crippen LogP contribution in [0.1, 0.15) is 74.1 Å². The minimum absolute atomic E-state index is 0.139. The Hall–Kier alpha value is -1.83. The zero-order valence-corrected chi connectivity index (χ0v) is 19.9. The van der Waals surface area contributed by atoms with Crippen LogP contribution < -0.4 is 10.6 Å². The molecule has 0 radical (unpaired) electrons. The second kappa shape index (κ2) is 10.9. The highest BCUT2D eigenvalue weighted by Crippen LogP contribution is 2.41. The van der Waals surface area contributed by atoms with E-state index in [0.29, 0.717) is 11.5 Å². The van der Waals surface area contributed by atoms with E-state index in [-0.39, 0.29) is 24.4 Å². The fourth-order valence-electron chi connectivity index (χ4n) is 4.56. The molecule has 0 bridgehead atoms. The van der Waals surface area contributed by atoms with Crippen molar-refractivity contribution in [2.24, 2.45) is 0 Å². The van der Waals surface area contributed by atoms with E-state index < -0.39 is 23.8 Å². The molecule has 1 amide bonds. The number of rotatable bonds is 9. The Morgan fingerprint density at radius 2 is 1.78 bits per heavy atom. The van der Waals surface area contributed by atoms with Crippen LogP contribution in [-0.2, 0) is 16.8 Å². The summed E-state index contributed by atoms with van der Waals surface area (Å²) in [6, 6.07) is 7.02. The molecule has 32 heavy (non-hydrogen) atoms. The zero-order valence-electron chi connectivity index (χ0n) is 19.1. The first-order chi connectivity index (χ1) is 15.2. The summed E-state index contributed by atoms with van der Waals surface area (Å²) in [5, 5.41) is 17.4. The normalized spacial score (nSPS) is 17.8. The summed E-state index contributed by atoms with van der Waals surface area (Å²) in [5.74, 6) is -1.17. The fraction of sp³-hybridized carbons (Fsp3) is 0.560. The maximum absolute atomic E-state index is 13.6. The van der Waals surface area contributed by atoms with Crippen molar-refractivity contribution in [1.82, 2.24) is 10.6 Å². The van der Waals surface area contributed by atoms with Crippen molar-refractivity contribution in [3.8, 4) is 0 Å². The van der Waals surface area contributed by atoms with Gasteiger partial charge in [-0.05, 0) is 55.0 Å². The predicted molar refractivity (Wildman–Crippen MR) is 125 cm³/mol. The Bertz CT molecular complexity index is 889. The van der Waals surface area contributed by atoms with Crippen LogP contribution in [0.4, 0.5) is 8.78 Å². The van der Waals surface area contributed by atoms with Gasteiger partial charge in [-0.15, -0.1) is 11.3 Å². The van der Waals surface area contributed by atoms with Crippen molar-refractivity contribution in [3.05, 3.63) is 57.3 Å². The van der Waals surface area contributed by atoms with Gasteiger partial charge in [-0.1, -0.05) is 33.1 Å². The molecule has 1 heterocycles. The first-order valence-corrected chi connectivity index (χ1v) is 12.3. The van der Waals surface area contributed by atoms with Gasteiger partial charge in [0.1, 0.15) is 11.6 Å². The van der Waals surface area contributed by atoms with Crippen LogP contribution in [0.5, 0.6) is 0 Å². The molecule has 0 aliphatic heterocycles. The summed E-state index contributed by atoms with van der Waals surface area (Å²) in [6.45, 7) is 6.03. The molecule has 3 rings (SSSR count). The molecule has 2 unspecified atom stereocenters. The third-order valence-electron chi connectivity index (χ3n) is 6.26. The number of amides is 1. The Kier molecular flexibility index (Phi) is 8.42. The molecule has 4 nitrogen and oxygen atoms in total. The average Bonchev–Trinajstić information content (AvgIpc) is 3.22. The lowest BCUT2D eigenvalue weighted by atomic mass is 9.80. The lowest BCUT2D eigenvalue weighted by Crippen LogP contribution is -2.52. The highest BCUT2D eigenvalue weighted by atomic mass is 32.1. The lowest BCUT2D eigenvalue weighted by Gasteiger charge is -2.39. The largest absolute Gasteiger partial charge is 0.390 e. The van der Waals surface area contributed by atoms with Gasteiger partial charge in [-0.3, -0.25) is 4.79 Å². The molecule has 1 fully saturated rings. The maximum atomic E-state index is 13.6. The van der Waals surface area contributed by atoms with Crippen LogP contribution >= 0.6 is 11.3 Å². The van der Waals surface area contributed by atoms with Crippen LogP contribution in [0.25, 0.3) is 0 Å². The van der Waals surface area contributed by atoms with Gasteiger partial charge < -0.3 is 15.7 Å². The maximum Gasteiger partial charge on any atom is 0.217 e. The number of halogens is 2. The van der Waals surface area contributed by atoms with E-state index in [9.17, 15) is 18.7 Å². The highest BCUT2D eigenvalue weighted by Gasteiger charge is 2.36. The Labute approximate surface area is 193 Å². The van der Waals surface area contributed by atoms with Gasteiger partial charge in [-0.2, -0.15) is 0 Å². The Morgan fingerprint density at radius 3 is 2.34 bits per heavy atom. The number of carbonyl (C=O) groups is 1. The van der Waals surface area contributed by atoms with Crippen LogP contribution in [0, 0.1) is 11.6 Å². The van der Waals surface area contributed by atoms with Crippen molar-refractivity contribution in [2.45, 2.75) is 82.9 Å². The molecule has 7 heteroatoms. The van der Waals surface area contributed by atoms with Crippen molar-refractivity contribution < 1.29 is 18.7 Å². The van der Waals surface area contributed by atoms with Gasteiger partial charge in [0.15, 0.2) is 0 Å². The van der Waals surface area contributed by atoms with Crippen LogP contribution in [0.15, 0.2) is 30.3 Å². The Morgan fingerprint density at radius 1 is 1.12 bits per heavy atom. The number of hydrogen-bond acceptors (Lipinski definition) is 4. The summed E-state index contributed by atoms with van der Waals surface area (Å²) in [5.41, 5.74) is 0.204. The minimum Gasteiger partial charge on any atom is -0.390 e. The Balaban J connectivity index is 1.75. The first-order valence-electron chi connectivity index (χ1n) is 11.4. The second-order valence-corrected chi connectivity index (χ2v) is 10.4. The number of aliphatic hydroxyl groups excluding tert-OH is 1. The molecule has 2 aromatic rings. The van der Waals surface area contributed by atoms with Gasteiger partial charge in [-0.25, -0.2) is 8.78 Å². The summed E-state index contributed by atoms with van der Waals surface area (Å²) in [4.78, 5) is 14.4. The summed E-state index contributed by atoms with van der Waals surface area (Å²) in [6.07, 6.45) is 4.67. The van der Waals surface area contributed by atoms with Crippen molar-refractivity contribution in [3.63, 3.8) is 0 Å². The van der Waals surface area contributed by atoms with Crippen molar-refractivity contribution in [1.29, 1.82) is 0 Å². The number of nitrogens with one attached hydrogen (secondary N) is 2. The zero-order chi connectivity index (χ0) is 23.3. The molecule has 3 N–H and O–H groups in total. The number of benzene rings is 1. The van der Waals surface area contributed by atoms with Crippen molar-refractivity contribution in [2.75, 3.05) is 6.54 Å². The first kappa shape index (κ1) is 24.8. The fourth-order valence-corrected chi connectivity index (χ4v) is 5.79. The third-order valence-corrected chi connectivity index (χ3v) is 7.85. The van der Waals surface area contributed by atoms with Gasteiger partial charge in [0.05, 0.1) is 17.7 Å². The smallest absolute Gasteiger partial charge is 0.217 e. The van der Waals surface area contributed by atoms with Gasteiger partial charge in [0, 0.05) is 29.3 Å². The molecule has 0 spiro atoms. The van der Waals surface area contributed by atoms with E-state index in [4.69, 9.17) is 0 Å². The minimum atomic E-state index is -0.909. The SMILES string of the molecule is CC(=O)NC(Cc1cc(F)cc(F)c1)C(O)CNC1(c2ccc(C(C)C)s2)CCCCC1. The monoisotopic (exact) mass is 464 g/mol. The van der Waals surface area contributed by atoms with E-state index in [1.807, 2.05) is 11.3 Å².